The lowest BCUT2D eigenvalue weighted by atomic mass is 10.0. The minimum Gasteiger partial charge on any atom is -0.467 e. The fraction of sp³-hybridized carbons (Fsp3) is 0.316. The molecule has 3 rings (SSSR count). The quantitative estimate of drug-likeness (QED) is 0.655. The van der Waals surface area contributed by atoms with E-state index in [4.69, 9.17) is 15.2 Å². The SMILES string of the molecule is CC(C)c1cccc(NC(N)=NCc2cc(F)cc3c2OCOC3)c1. The van der Waals surface area contributed by atoms with Crippen molar-refractivity contribution >= 4 is 11.6 Å². The second kappa shape index (κ2) is 7.53. The number of nitrogens with two attached hydrogens (primary N) is 1. The molecule has 3 N–H and O–H groups in total. The van der Waals surface area contributed by atoms with Gasteiger partial charge in [-0.2, -0.15) is 0 Å². The monoisotopic (exact) mass is 343 g/mol. The Bertz CT molecular complexity index is 790. The number of rotatable bonds is 4. The van der Waals surface area contributed by atoms with Crippen LogP contribution in [0.15, 0.2) is 41.4 Å². The summed E-state index contributed by atoms with van der Waals surface area (Å²) in [5, 5.41) is 3.07. The van der Waals surface area contributed by atoms with Crippen LogP contribution in [0.4, 0.5) is 10.1 Å². The van der Waals surface area contributed by atoms with Crippen molar-refractivity contribution in [2.75, 3.05) is 12.1 Å². The van der Waals surface area contributed by atoms with Crippen molar-refractivity contribution in [3.63, 3.8) is 0 Å². The Labute approximate surface area is 146 Å². The summed E-state index contributed by atoms with van der Waals surface area (Å²) in [6.07, 6.45) is 0. The van der Waals surface area contributed by atoms with E-state index in [2.05, 4.69) is 30.2 Å². The lowest BCUT2D eigenvalue weighted by Gasteiger charge is -2.20. The smallest absolute Gasteiger partial charge is 0.193 e. The van der Waals surface area contributed by atoms with Gasteiger partial charge in [-0.25, -0.2) is 9.38 Å². The normalized spacial score (nSPS) is 14.2. The van der Waals surface area contributed by atoms with Crippen LogP contribution in [-0.2, 0) is 17.9 Å². The number of anilines is 1. The minimum absolute atomic E-state index is 0.158. The van der Waals surface area contributed by atoms with E-state index in [9.17, 15) is 4.39 Å². The first-order valence-electron chi connectivity index (χ1n) is 8.21. The highest BCUT2D eigenvalue weighted by Gasteiger charge is 2.16. The molecular formula is C19H22FN3O2. The summed E-state index contributed by atoms with van der Waals surface area (Å²) in [5.41, 5.74) is 9.40. The maximum atomic E-state index is 13.7. The van der Waals surface area contributed by atoms with Gasteiger partial charge in [0, 0.05) is 16.8 Å². The first kappa shape index (κ1) is 17.2. The fourth-order valence-electron chi connectivity index (χ4n) is 2.71. The van der Waals surface area contributed by atoms with Crippen molar-refractivity contribution in [2.45, 2.75) is 32.9 Å². The molecule has 0 saturated carbocycles. The number of aliphatic imine (C=N–C) groups is 1. The van der Waals surface area contributed by atoms with E-state index in [0.717, 1.165) is 5.69 Å². The summed E-state index contributed by atoms with van der Waals surface area (Å²) in [5.74, 6) is 0.990. The number of nitrogens with zero attached hydrogens (tertiary/aromatic N) is 1. The summed E-state index contributed by atoms with van der Waals surface area (Å²) < 4.78 is 24.4. The number of guanidine groups is 1. The number of halogens is 1. The largest absolute Gasteiger partial charge is 0.467 e. The average molecular weight is 343 g/mol. The van der Waals surface area contributed by atoms with Gasteiger partial charge in [0.25, 0.3) is 0 Å². The Hall–Kier alpha value is -2.60. The van der Waals surface area contributed by atoms with Gasteiger partial charge in [0.15, 0.2) is 12.8 Å². The van der Waals surface area contributed by atoms with Crippen LogP contribution in [-0.4, -0.2) is 12.8 Å². The predicted molar refractivity (Wildman–Crippen MR) is 96.2 cm³/mol. The molecule has 0 atom stereocenters. The van der Waals surface area contributed by atoms with Crippen LogP contribution in [0.25, 0.3) is 0 Å². The molecule has 2 aromatic rings. The number of benzene rings is 2. The topological polar surface area (TPSA) is 68.9 Å². The summed E-state index contributed by atoms with van der Waals surface area (Å²) in [6, 6.07) is 10.8. The first-order chi connectivity index (χ1) is 12.0. The molecule has 0 bridgehead atoms. The summed E-state index contributed by atoms with van der Waals surface area (Å²) >= 11 is 0. The van der Waals surface area contributed by atoms with E-state index >= 15 is 0 Å². The fourth-order valence-corrected chi connectivity index (χ4v) is 2.71. The molecule has 0 saturated heterocycles. The van der Waals surface area contributed by atoms with Crippen LogP contribution < -0.4 is 15.8 Å². The van der Waals surface area contributed by atoms with Crippen LogP contribution in [0.2, 0.25) is 0 Å². The lowest BCUT2D eigenvalue weighted by Crippen LogP contribution is -2.23. The third kappa shape index (κ3) is 4.28. The molecule has 5 nitrogen and oxygen atoms in total. The van der Waals surface area contributed by atoms with Gasteiger partial charge in [0.2, 0.25) is 0 Å². The maximum Gasteiger partial charge on any atom is 0.193 e. The Morgan fingerprint density at radius 1 is 1.32 bits per heavy atom. The molecule has 0 amide bonds. The third-order valence-electron chi connectivity index (χ3n) is 4.00. The Kier molecular flexibility index (Phi) is 5.19. The number of fused-ring (bicyclic) bond motifs is 1. The lowest BCUT2D eigenvalue weighted by molar-refractivity contribution is -0.0172. The van der Waals surface area contributed by atoms with E-state index in [0.29, 0.717) is 29.4 Å². The van der Waals surface area contributed by atoms with Crippen LogP contribution in [0.5, 0.6) is 5.75 Å². The van der Waals surface area contributed by atoms with E-state index in [1.54, 1.807) is 0 Å². The molecule has 2 aromatic carbocycles. The summed E-state index contributed by atoms with van der Waals surface area (Å²) in [7, 11) is 0. The zero-order valence-corrected chi connectivity index (χ0v) is 14.4. The van der Waals surface area contributed by atoms with Crippen molar-refractivity contribution in [2.24, 2.45) is 10.7 Å². The van der Waals surface area contributed by atoms with E-state index in [-0.39, 0.29) is 25.1 Å². The van der Waals surface area contributed by atoms with Crippen LogP contribution >= 0.6 is 0 Å². The second-order valence-corrected chi connectivity index (χ2v) is 6.27. The van der Waals surface area contributed by atoms with Gasteiger partial charge in [0.05, 0.1) is 13.2 Å². The first-order valence-corrected chi connectivity index (χ1v) is 8.21. The van der Waals surface area contributed by atoms with Crippen LogP contribution in [0, 0.1) is 5.82 Å². The number of ether oxygens (including phenoxy) is 2. The van der Waals surface area contributed by atoms with Gasteiger partial charge >= 0.3 is 0 Å². The summed E-state index contributed by atoms with van der Waals surface area (Å²) in [6.45, 7) is 4.98. The van der Waals surface area contributed by atoms with Gasteiger partial charge in [-0.3, -0.25) is 0 Å². The Morgan fingerprint density at radius 2 is 2.16 bits per heavy atom. The predicted octanol–water partition coefficient (Wildman–Crippen LogP) is 3.74. The van der Waals surface area contributed by atoms with Crippen LogP contribution in [0.3, 0.4) is 0 Å². The molecule has 0 aromatic heterocycles. The van der Waals surface area contributed by atoms with E-state index < -0.39 is 0 Å². The van der Waals surface area contributed by atoms with Crippen molar-refractivity contribution in [1.29, 1.82) is 0 Å². The number of hydrogen-bond donors (Lipinski definition) is 2. The molecule has 0 spiro atoms. The molecule has 1 heterocycles. The van der Waals surface area contributed by atoms with Gasteiger partial charge in [0.1, 0.15) is 11.6 Å². The molecule has 132 valence electrons. The zero-order chi connectivity index (χ0) is 17.8. The number of nitrogens with one attached hydrogen (secondary N) is 1. The molecule has 0 fully saturated rings. The van der Waals surface area contributed by atoms with Crippen molar-refractivity contribution < 1.29 is 13.9 Å². The molecular weight excluding hydrogens is 321 g/mol. The zero-order valence-electron chi connectivity index (χ0n) is 14.4. The van der Waals surface area contributed by atoms with Crippen LogP contribution in [0.1, 0.15) is 36.5 Å². The molecule has 1 aliphatic heterocycles. The highest BCUT2D eigenvalue weighted by atomic mass is 19.1. The molecule has 1 aliphatic rings. The molecule has 0 aliphatic carbocycles. The molecule has 0 unspecified atom stereocenters. The number of hydrogen-bond acceptors (Lipinski definition) is 3. The van der Waals surface area contributed by atoms with Gasteiger partial charge in [-0.15, -0.1) is 0 Å². The molecule has 6 heteroatoms. The average Bonchev–Trinajstić information content (AvgIpc) is 2.59. The minimum atomic E-state index is -0.339. The Morgan fingerprint density at radius 3 is 2.96 bits per heavy atom. The van der Waals surface area contributed by atoms with E-state index in [1.807, 2.05) is 18.2 Å². The van der Waals surface area contributed by atoms with Gasteiger partial charge in [-0.05, 0) is 35.7 Å². The van der Waals surface area contributed by atoms with Crippen molar-refractivity contribution in [3.8, 4) is 5.75 Å². The standard InChI is InChI=1S/C19H22FN3O2/c1-12(2)13-4-3-5-17(8-13)23-19(21)22-9-14-6-16(20)7-15-10-24-11-25-18(14)15/h3-8,12H,9-11H2,1-2H3,(H3,21,22,23). The van der Waals surface area contributed by atoms with Crippen molar-refractivity contribution in [3.05, 3.63) is 58.9 Å². The second-order valence-electron chi connectivity index (χ2n) is 6.27. The molecule has 25 heavy (non-hydrogen) atoms. The Balaban J connectivity index is 1.74. The highest BCUT2D eigenvalue weighted by molar-refractivity contribution is 5.92. The van der Waals surface area contributed by atoms with Gasteiger partial charge < -0.3 is 20.5 Å². The summed E-state index contributed by atoms with van der Waals surface area (Å²) in [4.78, 5) is 4.31. The molecule has 0 radical (unpaired) electrons. The highest BCUT2D eigenvalue weighted by Crippen LogP contribution is 2.30. The van der Waals surface area contributed by atoms with E-state index in [1.165, 1.54) is 17.7 Å². The van der Waals surface area contributed by atoms with Gasteiger partial charge in [-0.1, -0.05) is 26.0 Å². The maximum absolute atomic E-state index is 13.7. The van der Waals surface area contributed by atoms with Crippen molar-refractivity contribution in [1.82, 2.24) is 0 Å². The third-order valence-corrected chi connectivity index (χ3v) is 4.00.